The van der Waals surface area contributed by atoms with Gasteiger partial charge in [0.2, 0.25) is 11.8 Å². The van der Waals surface area contributed by atoms with Crippen molar-refractivity contribution in [1.82, 2.24) is 20.4 Å². The second kappa shape index (κ2) is 7.97. The summed E-state index contributed by atoms with van der Waals surface area (Å²) in [5, 5.41) is 7.78. The standard InChI is InChI=1S/C18H23ClN4O2/c1-12(2)23(10-14-7-8-17(24)20-14)11-18-21-16(22-25-18)9-13-5-3-4-6-15(13)19/h3-6,12,14H,7-11H2,1-2H3,(H,20,24)/t14-/m0/s1. The van der Waals surface area contributed by atoms with Gasteiger partial charge in [-0.3, -0.25) is 9.69 Å². The molecule has 2 heterocycles. The van der Waals surface area contributed by atoms with E-state index >= 15 is 0 Å². The predicted octanol–water partition coefficient (Wildman–Crippen LogP) is 2.80. The minimum Gasteiger partial charge on any atom is -0.352 e. The molecule has 1 N–H and O–H groups in total. The number of halogens is 1. The van der Waals surface area contributed by atoms with Crippen molar-refractivity contribution in [2.24, 2.45) is 0 Å². The van der Waals surface area contributed by atoms with Gasteiger partial charge < -0.3 is 9.84 Å². The van der Waals surface area contributed by atoms with Crippen LogP contribution in [0.25, 0.3) is 0 Å². The van der Waals surface area contributed by atoms with Crippen molar-refractivity contribution in [3.8, 4) is 0 Å². The summed E-state index contributed by atoms with van der Waals surface area (Å²) >= 11 is 6.18. The summed E-state index contributed by atoms with van der Waals surface area (Å²) in [6, 6.07) is 8.17. The van der Waals surface area contributed by atoms with E-state index in [2.05, 4.69) is 34.2 Å². The smallest absolute Gasteiger partial charge is 0.240 e. The summed E-state index contributed by atoms with van der Waals surface area (Å²) in [4.78, 5) is 18.1. The molecule has 1 atom stereocenters. The minimum absolute atomic E-state index is 0.133. The van der Waals surface area contributed by atoms with Crippen LogP contribution in [0.1, 0.15) is 44.0 Å². The van der Waals surface area contributed by atoms with E-state index in [4.69, 9.17) is 16.1 Å². The van der Waals surface area contributed by atoms with Gasteiger partial charge in [0.15, 0.2) is 5.82 Å². The molecule has 1 aliphatic rings. The highest BCUT2D eigenvalue weighted by molar-refractivity contribution is 6.31. The van der Waals surface area contributed by atoms with Crippen LogP contribution in [0.15, 0.2) is 28.8 Å². The normalized spacial score (nSPS) is 17.5. The number of carbonyl (C=O) groups is 1. The molecule has 7 heteroatoms. The lowest BCUT2D eigenvalue weighted by Gasteiger charge is -2.27. The summed E-state index contributed by atoms with van der Waals surface area (Å²) < 4.78 is 5.41. The number of nitrogens with one attached hydrogen (secondary N) is 1. The highest BCUT2D eigenvalue weighted by Gasteiger charge is 2.25. The van der Waals surface area contributed by atoms with Gasteiger partial charge in [0.05, 0.1) is 6.54 Å². The Balaban J connectivity index is 1.62. The zero-order valence-electron chi connectivity index (χ0n) is 14.5. The Morgan fingerprint density at radius 1 is 1.40 bits per heavy atom. The van der Waals surface area contributed by atoms with Crippen LogP contribution in [0.3, 0.4) is 0 Å². The Morgan fingerprint density at radius 2 is 2.20 bits per heavy atom. The van der Waals surface area contributed by atoms with Gasteiger partial charge in [-0.25, -0.2) is 0 Å². The molecule has 0 saturated carbocycles. The van der Waals surface area contributed by atoms with Gasteiger partial charge in [0.25, 0.3) is 0 Å². The molecule has 3 rings (SSSR count). The van der Waals surface area contributed by atoms with Crippen molar-refractivity contribution >= 4 is 17.5 Å². The third-order valence-electron chi connectivity index (χ3n) is 4.43. The van der Waals surface area contributed by atoms with Crippen LogP contribution in [0.4, 0.5) is 0 Å². The average Bonchev–Trinajstić information content (AvgIpc) is 3.18. The maximum Gasteiger partial charge on any atom is 0.240 e. The van der Waals surface area contributed by atoms with Crippen molar-refractivity contribution in [3.05, 3.63) is 46.6 Å². The number of benzene rings is 1. The fraction of sp³-hybridized carbons (Fsp3) is 0.500. The molecular formula is C18H23ClN4O2. The Hall–Kier alpha value is -1.92. The van der Waals surface area contributed by atoms with Crippen molar-refractivity contribution in [3.63, 3.8) is 0 Å². The van der Waals surface area contributed by atoms with E-state index in [9.17, 15) is 4.79 Å². The first-order chi connectivity index (χ1) is 12.0. The first-order valence-corrected chi connectivity index (χ1v) is 8.97. The van der Waals surface area contributed by atoms with Crippen molar-refractivity contribution in [2.75, 3.05) is 6.54 Å². The van der Waals surface area contributed by atoms with E-state index in [0.717, 1.165) is 18.5 Å². The summed E-state index contributed by atoms with van der Waals surface area (Å²) in [7, 11) is 0. The molecule has 25 heavy (non-hydrogen) atoms. The third kappa shape index (κ3) is 4.80. The number of hydrogen-bond acceptors (Lipinski definition) is 5. The summed E-state index contributed by atoms with van der Waals surface area (Å²) in [6.45, 7) is 5.60. The van der Waals surface area contributed by atoms with E-state index in [1.807, 2.05) is 24.3 Å². The van der Waals surface area contributed by atoms with Crippen LogP contribution in [-0.4, -0.2) is 39.6 Å². The molecule has 1 fully saturated rings. The second-order valence-electron chi connectivity index (χ2n) is 6.70. The quantitative estimate of drug-likeness (QED) is 0.820. The molecule has 1 amide bonds. The Bertz CT molecular complexity index is 731. The number of amides is 1. The monoisotopic (exact) mass is 362 g/mol. The van der Waals surface area contributed by atoms with Gasteiger partial charge in [0.1, 0.15) is 0 Å². The maximum absolute atomic E-state index is 11.4. The maximum atomic E-state index is 11.4. The van der Waals surface area contributed by atoms with Crippen LogP contribution >= 0.6 is 11.6 Å². The van der Waals surface area contributed by atoms with Crippen molar-refractivity contribution < 1.29 is 9.32 Å². The van der Waals surface area contributed by atoms with Gasteiger partial charge in [0, 0.05) is 36.5 Å². The van der Waals surface area contributed by atoms with E-state index in [1.165, 1.54) is 0 Å². The van der Waals surface area contributed by atoms with Crippen LogP contribution in [-0.2, 0) is 17.8 Å². The molecule has 6 nitrogen and oxygen atoms in total. The molecule has 0 unspecified atom stereocenters. The minimum atomic E-state index is 0.133. The van der Waals surface area contributed by atoms with Crippen LogP contribution in [0, 0.1) is 0 Å². The molecule has 0 spiro atoms. The predicted molar refractivity (Wildman–Crippen MR) is 95.3 cm³/mol. The lowest BCUT2D eigenvalue weighted by Crippen LogP contribution is -2.41. The highest BCUT2D eigenvalue weighted by atomic mass is 35.5. The van der Waals surface area contributed by atoms with Gasteiger partial charge in [-0.15, -0.1) is 0 Å². The fourth-order valence-electron chi connectivity index (χ4n) is 2.97. The van der Waals surface area contributed by atoms with Gasteiger partial charge >= 0.3 is 0 Å². The fourth-order valence-corrected chi connectivity index (χ4v) is 3.17. The molecule has 134 valence electrons. The molecule has 1 aromatic heterocycles. The van der Waals surface area contributed by atoms with Crippen LogP contribution < -0.4 is 5.32 Å². The Labute approximate surface area is 152 Å². The zero-order chi connectivity index (χ0) is 17.8. The summed E-state index contributed by atoms with van der Waals surface area (Å²) in [5.74, 6) is 1.34. The van der Waals surface area contributed by atoms with E-state index < -0.39 is 0 Å². The molecule has 0 bridgehead atoms. The Morgan fingerprint density at radius 3 is 2.88 bits per heavy atom. The number of hydrogen-bond donors (Lipinski definition) is 1. The lowest BCUT2D eigenvalue weighted by atomic mass is 10.1. The third-order valence-corrected chi connectivity index (χ3v) is 4.79. The highest BCUT2D eigenvalue weighted by Crippen LogP contribution is 2.18. The number of nitrogens with zero attached hydrogens (tertiary/aromatic N) is 3. The molecule has 1 aliphatic heterocycles. The van der Waals surface area contributed by atoms with Crippen LogP contribution in [0.2, 0.25) is 5.02 Å². The average molecular weight is 363 g/mol. The number of rotatable bonds is 7. The van der Waals surface area contributed by atoms with E-state index in [1.54, 1.807) is 0 Å². The second-order valence-corrected chi connectivity index (χ2v) is 7.11. The van der Waals surface area contributed by atoms with Gasteiger partial charge in [-0.1, -0.05) is 35.0 Å². The number of carbonyl (C=O) groups excluding carboxylic acids is 1. The topological polar surface area (TPSA) is 71.3 Å². The first-order valence-electron chi connectivity index (χ1n) is 8.59. The molecule has 1 saturated heterocycles. The SMILES string of the molecule is CC(C)N(Cc1nc(Cc2ccccc2Cl)no1)C[C@@H]1CCC(=O)N1. The molecule has 0 radical (unpaired) electrons. The molecular weight excluding hydrogens is 340 g/mol. The summed E-state index contributed by atoms with van der Waals surface area (Å²) in [5.41, 5.74) is 0.978. The van der Waals surface area contributed by atoms with Gasteiger partial charge in [-0.2, -0.15) is 4.98 Å². The Kier molecular flexibility index (Phi) is 5.71. The number of aromatic nitrogens is 2. The van der Waals surface area contributed by atoms with Gasteiger partial charge in [-0.05, 0) is 31.9 Å². The molecule has 2 aromatic rings. The molecule has 1 aromatic carbocycles. The first kappa shape index (κ1) is 17.9. The van der Waals surface area contributed by atoms with E-state index in [-0.39, 0.29) is 11.9 Å². The van der Waals surface area contributed by atoms with E-state index in [0.29, 0.717) is 42.2 Å². The lowest BCUT2D eigenvalue weighted by molar-refractivity contribution is -0.119. The van der Waals surface area contributed by atoms with Crippen molar-refractivity contribution in [2.45, 2.75) is 51.7 Å². The molecule has 0 aliphatic carbocycles. The van der Waals surface area contributed by atoms with Crippen molar-refractivity contribution in [1.29, 1.82) is 0 Å². The zero-order valence-corrected chi connectivity index (χ0v) is 15.3. The largest absolute Gasteiger partial charge is 0.352 e. The van der Waals surface area contributed by atoms with Crippen LogP contribution in [0.5, 0.6) is 0 Å². The summed E-state index contributed by atoms with van der Waals surface area (Å²) in [6.07, 6.45) is 2.03.